The van der Waals surface area contributed by atoms with Crippen molar-refractivity contribution in [2.45, 2.75) is 26.3 Å². The van der Waals surface area contributed by atoms with Gasteiger partial charge in [-0.3, -0.25) is 4.79 Å². The number of hydrogen-bond donors (Lipinski definition) is 2. The molecule has 0 bridgehead atoms. The fourth-order valence-electron chi connectivity index (χ4n) is 2.16. The summed E-state index contributed by atoms with van der Waals surface area (Å²) in [5.74, 6) is 0.842. The smallest absolute Gasteiger partial charge is 0.221 e. The quantitative estimate of drug-likeness (QED) is 0.789. The fraction of sp³-hybridized carbons (Fsp3) is 0.357. The van der Waals surface area contributed by atoms with Crippen LogP contribution in [-0.4, -0.2) is 27.0 Å². The van der Waals surface area contributed by atoms with Gasteiger partial charge in [-0.15, -0.1) is 0 Å². The first-order valence-corrected chi connectivity index (χ1v) is 7.01. The van der Waals surface area contributed by atoms with Gasteiger partial charge in [0, 0.05) is 19.5 Å². The van der Waals surface area contributed by atoms with Gasteiger partial charge in [0.2, 0.25) is 5.91 Å². The van der Waals surface area contributed by atoms with Crippen molar-refractivity contribution in [1.82, 2.24) is 14.9 Å². The highest BCUT2D eigenvalue weighted by Gasteiger charge is 2.12. The maximum Gasteiger partial charge on any atom is 0.221 e. The second kappa shape index (κ2) is 6.47. The van der Waals surface area contributed by atoms with E-state index in [1.807, 2.05) is 35.8 Å². The van der Waals surface area contributed by atoms with Crippen molar-refractivity contribution in [3.05, 3.63) is 30.1 Å². The van der Waals surface area contributed by atoms with Crippen LogP contribution in [0.5, 0.6) is 0 Å². The Kier molecular flexibility index (Phi) is 4.68. The number of rotatable bonds is 6. The van der Waals surface area contributed by atoms with E-state index in [0.29, 0.717) is 30.9 Å². The number of fused-ring (bicyclic) bond motifs is 1. The molecule has 5 nitrogen and oxygen atoms in total. The number of imidazole rings is 1. The number of carbonyl (C=O) groups is 1. The van der Waals surface area contributed by atoms with Crippen LogP contribution in [0.1, 0.15) is 19.2 Å². The van der Waals surface area contributed by atoms with Crippen LogP contribution in [0.4, 0.5) is 0 Å². The van der Waals surface area contributed by atoms with Gasteiger partial charge in [0.05, 0.1) is 22.4 Å². The lowest BCUT2D eigenvalue weighted by Gasteiger charge is -2.08. The Morgan fingerprint density at radius 2 is 2.20 bits per heavy atom. The number of thiocarbonyl (C=S) groups is 1. The monoisotopic (exact) mass is 290 g/mol. The molecule has 1 amide bonds. The Hall–Kier alpha value is -1.95. The fourth-order valence-corrected chi connectivity index (χ4v) is 2.29. The SMILES string of the molecule is CCNC(=O)CCn1c(CC(N)=S)nc2ccccc21. The highest BCUT2D eigenvalue weighted by Crippen LogP contribution is 2.17. The molecule has 0 aliphatic carbocycles. The van der Waals surface area contributed by atoms with E-state index in [0.717, 1.165) is 16.9 Å². The number of aryl methyl sites for hydroxylation is 1. The first-order valence-electron chi connectivity index (χ1n) is 6.61. The summed E-state index contributed by atoms with van der Waals surface area (Å²) in [5, 5.41) is 2.79. The third kappa shape index (κ3) is 3.33. The van der Waals surface area contributed by atoms with E-state index in [1.165, 1.54) is 0 Å². The third-order valence-corrected chi connectivity index (χ3v) is 3.15. The van der Waals surface area contributed by atoms with Gasteiger partial charge < -0.3 is 15.6 Å². The van der Waals surface area contributed by atoms with Crippen molar-refractivity contribution >= 4 is 34.1 Å². The van der Waals surface area contributed by atoms with Gasteiger partial charge in [-0.25, -0.2) is 4.98 Å². The predicted octanol–water partition coefficient (Wildman–Crippen LogP) is 1.39. The van der Waals surface area contributed by atoms with Gasteiger partial charge in [0.1, 0.15) is 5.82 Å². The summed E-state index contributed by atoms with van der Waals surface area (Å²) >= 11 is 4.96. The van der Waals surface area contributed by atoms with E-state index in [-0.39, 0.29) is 5.91 Å². The molecule has 0 fully saturated rings. The van der Waals surface area contributed by atoms with Crippen LogP contribution in [0, 0.1) is 0 Å². The minimum atomic E-state index is 0.0338. The average molecular weight is 290 g/mol. The molecule has 0 saturated heterocycles. The molecule has 0 radical (unpaired) electrons. The maximum absolute atomic E-state index is 11.6. The van der Waals surface area contributed by atoms with Crippen LogP contribution in [-0.2, 0) is 17.8 Å². The van der Waals surface area contributed by atoms with Crippen molar-refractivity contribution in [3.63, 3.8) is 0 Å². The second-order valence-electron chi connectivity index (χ2n) is 4.51. The molecule has 2 rings (SSSR count). The highest BCUT2D eigenvalue weighted by atomic mass is 32.1. The molecule has 1 aromatic heterocycles. The van der Waals surface area contributed by atoms with Gasteiger partial charge in [-0.2, -0.15) is 0 Å². The van der Waals surface area contributed by atoms with Crippen LogP contribution in [0.25, 0.3) is 11.0 Å². The van der Waals surface area contributed by atoms with Crippen LogP contribution in [0.3, 0.4) is 0 Å². The second-order valence-corrected chi connectivity index (χ2v) is 5.04. The molecule has 2 aromatic rings. The van der Waals surface area contributed by atoms with E-state index in [2.05, 4.69) is 10.3 Å². The Morgan fingerprint density at radius 3 is 2.90 bits per heavy atom. The molecule has 0 spiro atoms. The van der Waals surface area contributed by atoms with E-state index in [4.69, 9.17) is 18.0 Å². The lowest BCUT2D eigenvalue weighted by atomic mass is 10.3. The molecule has 3 N–H and O–H groups in total. The van der Waals surface area contributed by atoms with Crippen LogP contribution >= 0.6 is 12.2 Å². The summed E-state index contributed by atoms with van der Waals surface area (Å²) in [5.41, 5.74) is 7.52. The zero-order chi connectivity index (χ0) is 14.5. The number of hydrogen-bond acceptors (Lipinski definition) is 3. The van der Waals surface area contributed by atoms with E-state index < -0.39 is 0 Å². The molecule has 0 saturated carbocycles. The zero-order valence-corrected chi connectivity index (χ0v) is 12.2. The van der Waals surface area contributed by atoms with Crippen molar-refractivity contribution in [2.24, 2.45) is 5.73 Å². The number of benzene rings is 1. The molecular formula is C14H18N4OS. The number of nitrogens with two attached hydrogens (primary N) is 1. The van der Waals surface area contributed by atoms with Crippen molar-refractivity contribution < 1.29 is 4.79 Å². The average Bonchev–Trinajstić information content (AvgIpc) is 2.73. The van der Waals surface area contributed by atoms with Gasteiger partial charge in [0.15, 0.2) is 0 Å². The Morgan fingerprint density at radius 1 is 1.45 bits per heavy atom. The maximum atomic E-state index is 11.6. The van der Waals surface area contributed by atoms with Crippen LogP contribution < -0.4 is 11.1 Å². The summed E-state index contributed by atoms with van der Waals surface area (Å²) in [6.45, 7) is 3.12. The summed E-state index contributed by atoms with van der Waals surface area (Å²) < 4.78 is 2.02. The van der Waals surface area contributed by atoms with E-state index in [1.54, 1.807) is 0 Å². The molecule has 20 heavy (non-hydrogen) atoms. The molecule has 0 aliphatic heterocycles. The number of amides is 1. The largest absolute Gasteiger partial charge is 0.393 e. The summed E-state index contributed by atoms with van der Waals surface area (Å²) in [7, 11) is 0. The van der Waals surface area contributed by atoms with Crippen molar-refractivity contribution in [1.29, 1.82) is 0 Å². The van der Waals surface area contributed by atoms with Crippen LogP contribution in [0.2, 0.25) is 0 Å². The van der Waals surface area contributed by atoms with Crippen LogP contribution in [0.15, 0.2) is 24.3 Å². The molecular weight excluding hydrogens is 272 g/mol. The van der Waals surface area contributed by atoms with Gasteiger partial charge in [0.25, 0.3) is 0 Å². The van der Waals surface area contributed by atoms with Gasteiger partial charge in [-0.05, 0) is 19.1 Å². The molecule has 6 heteroatoms. The number of nitrogens with one attached hydrogen (secondary N) is 1. The molecule has 0 atom stereocenters. The van der Waals surface area contributed by atoms with Crippen molar-refractivity contribution in [3.8, 4) is 0 Å². The molecule has 0 aliphatic rings. The molecule has 0 unspecified atom stereocenters. The highest BCUT2D eigenvalue weighted by molar-refractivity contribution is 7.80. The lowest BCUT2D eigenvalue weighted by Crippen LogP contribution is -2.24. The first-order chi connectivity index (χ1) is 9.61. The predicted molar refractivity (Wildman–Crippen MR) is 83.5 cm³/mol. The number of carbonyl (C=O) groups excluding carboxylic acids is 1. The summed E-state index contributed by atoms with van der Waals surface area (Å²) in [4.78, 5) is 16.6. The first kappa shape index (κ1) is 14.5. The third-order valence-electron chi connectivity index (χ3n) is 3.00. The van der Waals surface area contributed by atoms with Gasteiger partial charge in [-0.1, -0.05) is 24.4 Å². The minimum absolute atomic E-state index is 0.0338. The minimum Gasteiger partial charge on any atom is -0.393 e. The summed E-state index contributed by atoms with van der Waals surface area (Å²) in [6, 6.07) is 7.83. The van der Waals surface area contributed by atoms with E-state index in [9.17, 15) is 4.79 Å². The topological polar surface area (TPSA) is 72.9 Å². The number of para-hydroxylation sites is 2. The molecule has 1 aromatic carbocycles. The molecule has 1 heterocycles. The standard InChI is InChI=1S/C14H18N4OS/c1-2-16-14(19)7-8-18-11-6-4-3-5-10(11)17-13(18)9-12(15)20/h3-6H,2,7-9H2,1H3,(H2,15,20)(H,16,19). The van der Waals surface area contributed by atoms with E-state index >= 15 is 0 Å². The Balaban J connectivity index is 2.28. The normalized spacial score (nSPS) is 10.7. The number of aromatic nitrogens is 2. The lowest BCUT2D eigenvalue weighted by molar-refractivity contribution is -0.121. The molecule has 106 valence electrons. The Labute approximate surface area is 123 Å². The van der Waals surface area contributed by atoms with Crippen molar-refractivity contribution in [2.75, 3.05) is 6.54 Å². The summed E-state index contributed by atoms with van der Waals surface area (Å²) in [6.07, 6.45) is 0.859. The van der Waals surface area contributed by atoms with Gasteiger partial charge >= 0.3 is 0 Å². The Bertz CT molecular complexity index is 635. The number of nitrogens with zero attached hydrogens (tertiary/aromatic N) is 2. The zero-order valence-electron chi connectivity index (χ0n) is 11.4.